The molecule has 2 aromatic carbocycles. The summed E-state index contributed by atoms with van der Waals surface area (Å²) in [6.07, 6.45) is 6.48. The van der Waals surface area contributed by atoms with Crippen LogP contribution in [-0.2, 0) is 57.6 Å². The van der Waals surface area contributed by atoms with Gasteiger partial charge >= 0.3 is 0 Å². The molecular formula is C41H53N11O8. The Hall–Kier alpha value is -7.05. The molecule has 0 saturated heterocycles. The van der Waals surface area contributed by atoms with Gasteiger partial charge in [0.1, 0.15) is 30.2 Å². The van der Waals surface area contributed by atoms with Gasteiger partial charge < -0.3 is 52.9 Å². The summed E-state index contributed by atoms with van der Waals surface area (Å²) >= 11 is 0. The van der Waals surface area contributed by atoms with Crippen molar-refractivity contribution in [2.45, 2.75) is 89.5 Å². The van der Waals surface area contributed by atoms with Gasteiger partial charge in [-0.15, -0.1) is 0 Å². The third-order valence-electron chi connectivity index (χ3n) is 9.46. The Morgan fingerprint density at radius 3 is 1.97 bits per heavy atom. The second-order valence-corrected chi connectivity index (χ2v) is 14.3. The molecule has 0 spiro atoms. The van der Waals surface area contributed by atoms with Crippen molar-refractivity contribution in [3.63, 3.8) is 0 Å². The van der Waals surface area contributed by atoms with Gasteiger partial charge in [0, 0.05) is 55.2 Å². The van der Waals surface area contributed by atoms with Gasteiger partial charge in [0.25, 0.3) is 0 Å². The molecular weight excluding hydrogens is 775 g/mol. The van der Waals surface area contributed by atoms with Crippen molar-refractivity contribution in [1.29, 1.82) is 0 Å². The Kier molecular flexibility index (Phi) is 17.3. The molecule has 0 aliphatic carbocycles. The number of fused-ring (bicyclic) bond motifs is 1. The zero-order valence-corrected chi connectivity index (χ0v) is 33.8. The number of hydrogen-bond acceptors (Lipinski definition) is 9. The maximum atomic E-state index is 13.8. The molecule has 0 radical (unpaired) electrons. The van der Waals surface area contributed by atoms with Gasteiger partial charge in [0.2, 0.25) is 47.3 Å². The van der Waals surface area contributed by atoms with E-state index < -0.39 is 90.6 Å². The van der Waals surface area contributed by atoms with E-state index in [1.54, 1.807) is 36.5 Å². The highest BCUT2D eigenvalue weighted by atomic mass is 16.2. The molecule has 0 saturated carbocycles. The van der Waals surface area contributed by atoms with E-state index >= 15 is 0 Å². The molecule has 0 bridgehead atoms. The number of para-hydroxylation sites is 1. The topological polar surface area (TPSA) is 291 Å². The molecule has 4 rings (SSSR count). The zero-order valence-electron chi connectivity index (χ0n) is 33.8. The summed E-state index contributed by atoms with van der Waals surface area (Å²) in [6, 6.07) is 10.7. The van der Waals surface area contributed by atoms with Crippen LogP contribution >= 0.6 is 0 Å². The first-order valence-electron chi connectivity index (χ1n) is 19.6. The number of aromatic amines is 2. The summed E-state index contributed by atoms with van der Waals surface area (Å²) in [4.78, 5) is 113. The van der Waals surface area contributed by atoms with Gasteiger partial charge in [0.15, 0.2) is 0 Å². The van der Waals surface area contributed by atoms with E-state index in [9.17, 15) is 38.4 Å². The average molecular weight is 828 g/mol. The van der Waals surface area contributed by atoms with Crippen molar-refractivity contribution in [3.8, 4) is 0 Å². The summed E-state index contributed by atoms with van der Waals surface area (Å²) in [7, 11) is 0. The molecule has 19 nitrogen and oxygen atoms in total. The molecule has 4 aromatic rings. The van der Waals surface area contributed by atoms with Crippen molar-refractivity contribution in [2.75, 3.05) is 13.1 Å². The highest BCUT2D eigenvalue weighted by molar-refractivity contribution is 5.96. The normalized spacial score (nSPS) is 13.4. The van der Waals surface area contributed by atoms with Gasteiger partial charge in [-0.1, -0.05) is 68.3 Å². The number of hydrogen-bond donors (Lipinski definition) is 10. The SMILES string of the molecule is CCCC[C@H](NC(C)=O)C(=O)NCC(=O)N[C@@H](Cc1cnc[nH]1)C(=O)NC(Cc1ccccc1)C(=O)NCC(=O)NC(C)C(=O)N[C@@H](Cc1c[nH]c2ccccc12)C(N)=O. The van der Waals surface area contributed by atoms with Crippen LogP contribution in [0, 0.1) is 0 Å². The monoisotopic (exact) mass is 827 g/mol. The molecule has 0 aliphatic rings. The zero-order chi connectivity index (χ0) is 43.6. The molecule has 5 atom stereocenters. The van der Waals surface area contributed by atoms with E-state index in [1.807, 2.05) is 31.2 Å². The Bertz CT molecular complexity index is 2100. The summed E-state index contributed by atoms with van der Waals surface area (Å²) < 4.78 is 0. The summed E-state index contributed by atoms with van der Waals surface area (Å²) in [5, 5.41) is 18.8. The van der Waals surface area contributed by atoms with Crippen LogP contribution in [0.3, 0.4) is 0 Å². The lowest BCUT2D eigenvalue weighted by molar-refractivity contribution is -0.133. The van der Waals surface area contributed by atoms with E-state index in [0.717, 1.165) is 22.9 Å². The lowest BCUT2D eigenvalue weighted by atomic mass is 10.0. The van der Waals surface area contributed by atoms with Crippen LogP contribution in [0.25, 0.3) is 10.9 Å². The molecule has 8 amide bonds. The standard InChI is InChI=1S/C41H53N11O8/c1-4-5-14-31(49-25(3)53)39(58)45-22-36(55)50-34(18-28-20-43-23-47-28)41(60)52-33(16-26-11-7-6-8-12-26)40(59)46-21-35(54)48-24(2)38(57)51-32(37(42)56)17-27-19-44-30-15-10-9-13-29(27)30/h6-13,15,19-20,23-24,31-34,44H,4-5,14,16-18,21-22H2,1-3H3,(H2,42,56)(H,43,47)(H,45,58)(H,46,59)(H,48,54)(H,49,53)(H,50,55)(H,51,57)(H,52,60)/t24?,31-,32-,33?,34-/m0/s1. The number of carbonyl (C=O) groups is 8. The van der Waals surface area contributed by atoms with Crippen molar-refractivity contribution >= 4 is 58.2 Å². The van der Waals surface area contributed by atoms with Crippen molar-refractivity contribution in [3.05, 3.63) is 90.1 Å². The smallest absolute Gasteiger partial charge is 0.243 e. The molecule has 320 valence electrons. The first-order chi connectivity index (χ1) is 28.7. The third-order valence-corrected chi connectivity index (χ3v) is 9.46. The lowest BCUT2D eigenvalue weighted by Gasteiger charge is -2.24. The highest BCUT2D eigenvalue weighted by Gasteiger charge is 2.29. The van der Waals surface area contributed by atoms with Gasteiger partial charge in [-0.2, -0.15) is 0 Å². The number of carbonyl (C=O) groups excluding carboxylic acids is 8. The van der Waals surface area contributed by atoms with E-state index in [0.29, 0.717) is 24.1 Å². The number of nitrogens with one attached hydrogen (secondary N) is 9. The fourth-order valence-electron chi connectivity index (χ4n) is 6.30. The van der Waals surface area contributed by atoms with Crippen LogP contribution in [0.2, 0.25) is 0 Å². The van der Waals surface area contributed by atoms with Crippen LogP contribution in [0.4, 0.5) is 0 Å². The number of nitrogens with zero attached hydrogens (tertiary/aromatic N) is 1. The van der Waals surface area contributed by atoms with E-state index in [-0.39, 0.29) is 19.3 Å². The van der Waals surface area contributed by atoms with Gasteiger partial charge in [-0.3, -0.25) is 38.4 Å². The number of primary amides is 1. The highest BCUT2D eigenvalue weighted by Crippen LogP contribution is 2.19. The van der Waals surface area contributed by atoms with Crippen LogP contribution in [0.5, 0.6) is 0 Å². The molecule has 11 N–H and O–H groups in total. The second-order valence-electron chi connectivity index (χ2n) is 14.3. The number of aromatic nitrogens is 3. The van der Waals surface area contributed by atoms with E-state index in [4.69, 9.17) is 5.73 Å². The Morgan fingerprint density at radius 2 is 1.32 bits per heavy atom. The predicted octanol–water partition coefficient (Wildman–Crippen LogP) is -0.709. The predicted molar refractivity (Wildman–Crippen MR) is 220 cm³/mol. The molecule has 2 heterocycles. The molecule has 0 aliphatic heterocycles. The van der Waals surface area contributed by atoms with Crippen molar-refractivity contribution in [1.82, 2.24) is 52.2 Å². The molecule has 60 heavy (non-hydrogen) atoms. The molecule has 2 unspecified atom stereocenters. The van der Waals surface area contributed by atoms with Gasteiger partial charge in [-0.25, -0.2) is 4.98 Å². The lowest BCUT2D eigenvalue weighted by Crippen LogP contribution is -2.57. The number of benzene rings is 2. The number of nitrogens with two attached hydrogens (primary N) is 1. The van der Waals surface area contributed by atoms with Crippen molar-refractivity contribution < 1.29 is 38.4 Å². The molecule has 0 fully saturated rings. The van der Waals surface area contributed by atoms with Crippen LogP contribution < -0.4 is 43.0 Å². The number of H-pyrrole nitrogens is 2. The Labute approximate surface area is 346 Å². The minimum atomic E-state index is -1.24. The third kappa shape index (κ3) is 14.4. The fourth-order valence-corrected chi connectivity index (χ4v) is 6.30. The molecule has 19 heteroatoms. The maximum Gasteiger partial charge on any atom is 0.243 e. The van der Waals surface area contributed by atoms with Crippen LogP contribution in [0.1, 0.15) is 56.9 Å². The fraction of sp³-hybridized carbons (Fsp3) is 0.390. The Balaban J connectivity index is 1.37. The minimum absolute atomic E-state index is 0.00680. The number of amides is 8. The van der Waals surface area contributed by atoms with E-state index in [2.05, 4.69) is 52.2 Å². The number of unbranched alkanes of at least 4 members (excludes halogenated alkanes) is 1. The summed E-state index contributed by atoms with van der Waals surface area (Å²) in [5.74, 6) is -5.32. The number of rotatable bonds is 23. The van der Waals surface area contributed by atoms with Crippen LogP contribution in [0.15, 0.2) is 73.3 Å². The maximum absolute atomic E-state index is 13.8. The van der Waals surface area contributed by atoms with E-state index in [1.165, 1.54) is 26.4 Å². The second kappa shape index (κ2) is 22.8. The van der Waals surface area contributed by atoms with Gasteiger partial charge in [0.05, 0.1) is 19.4 Å². The van der Waals surface area contributed by atoms with Gasteiger partial charge in [-0.05, 0) is 30.5 Å². The largest absolute Gasteiger partial charge is 0.368 e. The first-order valence-corrected chi connectivity index (χ1v) is 19.6. The van der Waals surface area contributed by atoms with Crippen LogP contribution in [-0.4, -0.2) is 106 Å². The summed E-state index contributed by atoms with van der Waals surface area (Å²) in [6.45, 7) is 3.56. The first kappa shape index (κ1) is 45.6. The summed E-state index contributed by atoms with van der Waals surface area (Å²) in [5.41, 5.74) is 8.39. The average Bonchev–Trinajstić information content (AvgIpc) is 3.90. The molecule has 2 aromatic heterocycles. The minimum Gasteiger partial charge on any atom is -0.368 e. The quantitative estimate of drug-likeness (QED) is 0.0451. The number of imidazole rings is 1. The van der Waals surface area contributed by atoms with Crippen molar-refractivity contribution in [2.24, 2.45) is 5.73 Å². The Morgan fingerprint density at radius 1 is 0.683 bits per heavy atom.